The number of aromatic nitrogens is 3. The van der Waals surface area contributed by atoms with E-state index in [4.69, 9.17) is 14.4 Å². The van der Waals surface area contributed by atoms with Crippen molar-refractivity contribution in [3.8, 4) is 67.3 Å². The molecule has 0 fully saturated rings. The van der Waals surface area contributed by atoms with Crippen LogP contribution in [0.2, 0.25) is 0 Å². The number of hydrogen-bond donors (Lipinski definition) is 0. The van der Waals surface area contributed by atoms with Crippen molar-refractivity contribution < 1.29 is 4.42 Å². The number of fused-ring (bicyclic) bond motifs is 9. The predicted octanol–water partition coefficient (Wildman–Crippen LogP) is 15.2. The minimum atomic E-state index is 0.663. The first-order valence-corrected chi connectivity index (χ1v) is 20.6. The number of nitrogens with zero attached hydrogens (tertiary/aromatic N) is 3. The van der Waals surface area contributed by atoms with Gasteiger partial charge in [0.1, 0.15) is 11.2 Å². The van der Waals surface area contributed by atoms with E-state index in [9.17, 15) is 0 Å². The molecule has 0 bridgehead atoms. The zero-order valence-corrected chi connectivity index (χ0v) is 33.0. The van der Waals surface area contributed by atoms with Gasteiger partial charge in [0.2, 0.25) is 0 Å². The summed E-state index contributed by atoms with van der Waals surface area (Å²) in [6.07, 6.45) is 3.67. The minimum absolute atomic E-state index is 0.663. The van der Waals surface area contributed by atoms with Crippen molar-refractivity contribution in [1.29, 1.82) is 0 Å². The molecule has 0 amide bonds. The minimum Gasteiger partial charge on any atom is -0.456 e. The monoisotopic (exact) mass is 777 g/mol. The van der Waals surface area contributed by atoms with Gasteiger partial charge in [0.05, 0.1) is 11.4 Å². The largest absolute Gasteiger partial charge is 0.456 e. The highest BCUT2D eigenvalue weighted by Gasteiger charge is 2.18. The molecule has 4 nitrogen and oxygen atoms in total. The fourth-order valence-corrected chi connectivity index (χ4v) is 9.03. The SMILES string of the molecule is c1ccc(-c2nc(-c3cc(-c4ccc(-c5ccncc5)cc4)cc(-c4ccc5c6ccccc6c6ccccc6c5c4)c3)cc(-c3cccc4oc5ccccc5c34)n2)cc1. The Bertz CT molecular complexity index is 3600. The Morgan fingerprint density at radius 1 is 0.295 bits per heavy atom. The molecular formula is C57H35N3O. The molecule has 0 saturated heterocycles. The maximum atomic E-state index is 6.34. The van der Waals surface area contributed by atoms with Crippen LogP contribution in [-0.4, -0.2) is 15.0 Å². The van der Waals surface area contributed by atoms with Crippen LogP contribution < -0.4 is 0 Å². The number of hydrogen-bond acceptors (Lipinski definition) is 4. The van der Waals surface area contributed by atoms with Crippen molar-refractivity contribution in [2.45, 2.75) is 0 Å². The van der Waals surface area contributed by atoms with Crippen LogP contribution in [0.5, 0.6) is 0 Å². The van der Waals surface area contributed by atoms with E-state index in [0.717, 1.165) is 83.4 Å². The average Bonchev–Trinajstić information content (AvgIpc) is 3.73. The smallest absolute Gasteiger partial charge is 0.160 e. The Labute approximate surface area is 352 Å². The van der Waals surface area contributed by atoms with E-state index in [0.29, 0.717) is 5.82 Å². The topological polar surface area (TPSA) is 51.8 Å². The fourth-order valence-electron chi connectivity index (χ4n) is 9.03. The molecule has 0 saturated carbocycles. The van der Waals surface area contributed by atoms with E-state index in [1.165, 1.54) is 32.3 Å². The molecule has 0 N–H and O–H groups in total. The third kappa shape index (κ3) is 6.04. The molecular weight excluding hydrogens is 743 g/mol. The van der Waals surface area contributed by atoms with E-state index in [2.05, 4.69) is 151 Å². The molecule has 4 heteroatoms. The quantitative estimate of drug-likeness (QED) is 0.158. The van der Waals surface area contributed by atoms with Gasteiger partial charge in [-0.3, -0.25) is 4.98 Å². The van der Waals surface area contributed by atoms with Crippen LogP contribution >= 0.6 is 0 Å². The number of para-hydroxylation sites is 1. The zero-order chi connectivity index (χ0) is 40.3. The zero-order valence-electron chi connectivity index (χ0n) is 33.0. The molecule has 12 aromatic rings. The van der Waals surface area contributed by atoms with E-state index >= 15 is 0 Å². The van der Waals surface area contributed by atoms with Gasteiger partial charge in [-0.2, -0.15) is 0 Å². The number of benzene rings is 9. The third-order valence-corrected chi connectivity index (χ3v) is 12.0. The van der Waals surface area contributed by atoms with Gasteiger partial charge in [-0.15, -0.1) is 0 Å². The summed E-state index contributed by atoms with van der Waals surface area (Å²) in [5, 5.41) is 9.61. The van der Waals surface area contributed by atoms with Gasteiger partial charge in [-0.1, -0.05) is 146 Å². The highest BCUT2D eigenvalue weighted by Crippen LogP contribution is 2.41. The highest BCUT2D eigenvalue weighted by molar-refractivity contribution is 6.25. The number of rotatable bonds is 6. The van der Waals surface area contributed by atoms with Crippen molar-refractivity contribution in [2.24, 2.45) is 0 Å². The molecule has 0 aliphatic rings. The maximum Gasteiger partial charge on any atom is 0.160 e. The van der Waals surface area contributed by atoms with E-state index in [1.54, 1.807) is 0 Å². The molecule has 61 heavy (non-hydrogen) atoms. The lowest BCUT2D eigenvalue weighted by Crippen LogP contribution is -1.97. The number of furan rings is 1. The Hall–Kier alpha value is -8.21. The molecule has 0 atom stereocenters. The van der Waals surface area contributed by atoms with Crippen molar-refractivity contribution in [2.75, 3.05) is 0 Å². The summed E-state index contributed by atoms with van der Waals surface area (Å²) < 4.78 is 6.34. The third-order valence-electron chi connectivity index (χ3n) is 12.0. The van der Waals surface area contributed by atoms with E-state index < -0.39 is 0 Å². The fraction of sp³-hybridized carbons (Fsp3) is 0. The first-order chi connectivity index (χ1) is 30.2. The summed E-state index contributed by atoms with van der Waals surface area (Å²) in [5.41, 5.74) is 13.0. The predicted molar refractivity (Wildman–Crippen MR) is 252 cm³/mol. The summed E-state index contributed by atoms with van der Waals surface area (Å²) in [6.45, 7) is 0. The lowest BCUT2D eigenvalue weighted by atomic mass is 9.90. The molecule has 0 aliphatic heterocycles. The van der Waals surface area contributed by atoms with Gasteiger partial charge in [0.15, 0.2) is 5.82 Å². The lowest BCUT2D eigenvalue weighted by Gasteiger charge is -2.15. The van der Waals surface area contributed by atoms with Gasteiger partial charge in [0, 0.05) is 39.9 Å². The van der Waals surface area contributed by atoms with Gasteiger partial charge in [-0.05, 0) is 120 Å². The van der Waals surface area contributed by atoms with Crippen LogP contribution in [0.25, 0.3) is 122 Å². The molecule has 0 radical (unpaired) electrons. The molecule has 3 aromatic heterocycles. The van der Waals surface area contributed by atoms with Gasteiger partial charge < -0.3 is 4.42 Å². The molecule has 3 heterocycles. The summed E-state index contributed by atoms with van der Waals surface area (Å²) in [5.74, 6) is 0.663. The molecule has 9 aromatic carbocycles. The normalized spacial score (nSPS) is 11.6. The van der Waals surface area contributed by atoms with Crippen LogP contribution in [-0.2, 0) is 0 Å². The highest BCUT2D eigenvalue weighted by atomic mass is 16.3. The van der Waals surface area contributed by atoms with Crippen molar-refractivity contribution >= 4 is 54.3 Å². The van der Waals surface area contributed by atoms with Crippen LogP contribution in [0.4, 0.5) is 0 Å². The molecule has 0 spiro atoms. The van der Waals surface area contributed by atoms with Crippen LogP contribution in [0, 0.1) is 0 Å². The van der Waals surface area contributed by atoms with E-state index in [1.807, 2.05) is 67.0 Å². The summed E-state index contributed by atoms with van der Waals surface area (Å²) in [7, 11) is 0. The first kappa shape index (κ1) is 34.8. The molecule has 0 unspecified atom stereocenters. The second-order valence-electron chi connectivity index (χ2n) is 15.6. The Morgan fingerprint density at radius 3 is 1.54 bits per heavy atom. The van der Waals surface area contributed by atoms with Crippen LogP contribution in [0.1, 0.15) is 0 Å². The molecule has 0 aliphatic carbocycles. The first-order valence-electron chi connectivity index (χ1n) is 20.6. The van der Waals surface area contributed by atoms with Crippen molar-refractivity contribution in [3.05, 3.63) is 213 Å². The van der Waals surface area contributed by atoms with Crippen LogP contribution in [0.15, 0.2) is 217 Å². The molecule has 12 rings (SSSR count). The van der Waals surface area contributed by atoms with Gasteiger partial charge in [-0.25, -0.2) is 9.97 Å². The van der Waals surface area contributed by atoms with Crippen LogP contribution in [0.3, 0.4) is 0 Å². The maximum absolute atomic E-state index is 6.34. The van der Waals surface area contributed by atoms with Crippen molar-refractivity contribution in [1.82, 2.24) is 15.0 Å². The molecule has 284 valence electrons. The second kappa shape index (κ2) is 14.3. The summed E-state index contributed by atoms with van der Waals surface area (Å²) >= 11 is 0. The average molecular weight is 778 g/mol. The number of pyridine rings is 1. The Morgan fingerprint density at radius 2 is 0.820 bits per heavy atom. The summed E-state index contributed by atoms with van der Waals surface area (Å²) in [6, 6.07) is 71.0. The lowest BCUT2D eigenvalue weighted by molar-refractivity contribution is 0.669. The standard InChI is InChI=1S/C57H35N3O/c1-2-11-39(12-3-1)57-59-52(35-53(60-57)49-18-10-20-55-56(49)50-17-8-9-19-54(50)61-55)43-32-41(37-23-21-36(22-24-37)38-27-29-58-30-28-38)31-42(33-43)40-25-26-48-46-15-5-4-13-44(46)45-14-6-7-16-47(45)51(48)34-40/h1-35H. The Balaban J connectivity index is 1.10. The van der Waals surface area contributed by atoms with Crippen molar-refractivity contribution in [3.63, 3.8) is 0 Å². The van der Waals surface area contributed by atoms with Gasteiger partial charge in [0.25, 0.3) is 0 Å². The Kier molecular flexibility index (Phi) is 8.13. The van der Waals surface area contributed by atoms with Gasteiger partial charge >= 0.3 is 0 Å². The van der Waals surface area contributed by atoms with E-state index in [-0.39, 0.29) is 0 Å². The second-order valence-corrected chi connectivity index (χ2v) is 15.6. The summed E-state index contributed by atoms with van der Waals surface area (Å²) in [4.78, 5) is 14.8.